The Hall–Kier alpha value is -3.36. The first kappa shape index (κ1) is 23.3. The molecule has 0 aliphatic carbocycles. The van der Waals surface area contributed by atoms with Gasteiger partial charge in [-0.3, -0.25) is 9.59 Å². The van der Waals surface area contributed by atoms with Crippen LogP contribution in [0.15, 0.2) is 54.6 Å². The number of esters is 1. The molecule has 0 fully saturated rings. The molecule has 0 bridgehead atoms. The van der Waals surface area contributed by atoms with Gasteiger partial charge in [0, 0.05) is 9.90 Å². The lowest BCUT2D eigenvalue weighted by atomic mass is 10.1. The van der Waals surface area contributed by atoms with Gasteiger partial charge < -0.3 is 20.5 Å². The van der Waals surface area contributed by atoms with E-state index in [0.717, 1.165) is 16.0 Å². The van der Waals surface area contributed by atoms with Gasteiger partial charge in [-0.1, -0.05) is 35.9 Å². The van der Waals surface area contributed by atoms with Gasteiger partial charge in [-0.25, -0.2) is 4.79 Å². The molecule has 2 aromatic carbocycles. The normalized spacial score (nSPS) is 10.4. The van der Waals surface area contributed by atoms with Crippen molar-refractivity contribution < 1.29 is 23.9 Å². The maximum Gasteiger partial charge on any atom is 0.350 e. The number of carbonyl (C=O) groups excluding carboxylic acids is 3. The second kappa shape index (κ2) is 10.8. The summed E-state index contributed by atoms with van der Waals surface area (Å²) in [7, 11) is 0. The Morgan fingerprint density at radius 1 is 1.06 bits per heavy atom. The van der Waals surface area contributed by atoms with Crippen molar-refractivity contribution in [2.45, 2.75) is 13.3 Å². The molecule has 166 valence electrons. The van der Waals surface area contributed by atoms with Crippen LogP contribution in [0.5, 0.6) is 5.75 Å². The fourth-order valence-corrected chi connectivity index (χ4v) is 3.97. The zero-order valence-corrected chi connectivity index (χ0v) is 18.8. The zero-order chi connectivity index (χ0) is 23.1. The number of ether oxygens (including phenoxy) is 2. The molecule has 0 saturated carbocycles. The van der Waals surface area contributed by atoms with Crippen LogP contribution < -0.4 is 15.8 Å². The third-order valence-electron chi connectivity index (χ3n) is 4.27. The number of thiophene rings is 1. The van der Waals surface area contributed by atoms with Crippen molar-refractivity contribution in [3.8, 4) is 16.2 Å². The highest BCUT2D eigenvalue weighted by molar-refractivity contribution is 7.18. The molecule has 3 aromatic rings. The molecule has 7 nitrogen and oxygen atoms in total. The first-order valence-corrected chi connectivity index (χ1v) is 10.9. The summed E-state index contributed by atoms with van der Waals surface area (Å²) in [5, 5.41) is 3.32. The topological polar surface area (TPSA) is 108 Å². The van der Waals surface area contributed by atoms with Gasteiger partial charge in [-0.2, -0.15) is 0 Å². The Balaban J connectivity index is 1.70. The van der Waals surface area contributed by atoms with Gasteiger partial charge >= 0.3 is 5.97 Å². The van der Waals surface area contributed by atoms with E-state index >= 15 is 0 Å². The average molecular weight is 473 g/mol. The van der Waals surface area contributed by atoms with Crippen molar-refractivity contribution in [1.29, 1.82) is 0 Å². The predicted molar refractivity (Wildman–Crippen MR) is 124 cm³/mol. The minimum atomic E-state index is -0.515. The van der Waals surface area contributed by atoms with Crippen molar-refractivity contribution in [2.24, 2.45) is 5.73 Å². The van der Waals surface area contributed by atoms with E-state index in [2.05, 4.69) is 5.32 Å². The van der Waals surface area contributed by atoms with Crippen LogP contribution >= 0.6 is 22.9 Å². The number of hydrogen-bond acceptors (Lipinski definition) is 6. The molecule has 0 saturated heterocycles. The summed E-state index contributed by atoms with van der Waals surface area (Å²) < 4.78 is 10.6. The summed E-state index contributed by atoms with van der Waals surface area (Å²) in [5.74, 6) is -0.911. The lowest BCUT2D eigenvalue weighted by Gasteiger charge is -2.08. The van der Waals surface area contributed by atoms with Crippen LogP contribution in [0.4, 0.5) is 5.69 Å². The number of anilines is 1. The SMILES string of the molecule is CCOC(=O)c1sc(-c2ccc(Cl)cc2)cc1NC(=O)COc1ccc(CC(N)=O)cc1. The highest BCUT2D eigenvalue weighted by Crippen LogP contribution is 2.36. The molecule has 0 unspecified atom stereocenters. The monoisotopic (exact) mass is 472 g/mol. The van der Waals surface area contributed by atoms with E-state index in [4.69, 9.17) is 26.8 Å². The van der Waals surface area contributed by atoms with Crippen molar-refractivity contribution >= 4 is 46.4 Å². The Morgan fingerprint density at radius 2 is 1.75 bits per heavy atom. The molecular weight excluding hydrogens is 452 g/mol. The lowest BCUT2D eigenvalue weighted by molar-refractivity contribution is -0.118. The fourth-order valence-electron chi connectivity index (χ4n) is 2.83. The molecule has 0 radical (unpaired) electrons. The highest BCUT2D eigenvalue weighted by Gasteiger charge is 2.20. The lowest BCUT2D eigenvalue weighted by Crippen LogP contribution is -2.21. The summed E-state index contributed by atoms with van der Waals surface area (Å²) in [4.78, 5) is 36.9. The van der Waals surface area contributed by atoms with Gasteiger partial charge in [0.1, 0.15) is 10.6 Å². The number of primary amides is 1. The molecule has 0 aliphatic rings. The molecule has 1 heterocycles. The third kappa shape index (κ3) is 6.32. The fraction of sp³-hybridized carbons (Fsp3) is 0.174. The first-order valence-electron chi connectivity index (χ1n) is 9.72. The maximum atomic E-state index is 12.5. The average Bonchev–Trinajstić information content (AvgIpc) is 3.17. The number of hydrogen-bond donors (Lipinski definition) is 2. The number of amides is 2. The standard InChI is InChI=1S/C23H21ClN2O5S/c1-2-30-23(29)22-18(12-19(32-22)15-5-7-16(24)8-6-15)26-21(28)13-31-17-9-3-14(4-10-17)11-20(25)27/h3-10,12H,2,11,13H2,1H3,(H2,25,27)(H,26,28). The number of carbonyl (C=O) groups is 3. The molecule has 0 aliphatic heterocycles. The van der Waals surface area contributed by atoms with Crippen LogP contribution in [0.1, 0.15) is 22.2 Å². The van der Waals surface area contributed by atoms with Gasteiger partial charge in [-0.15, -0.1) is 11.3 Å². The predicted octanol–water partition coefficient (Wildman–Crippen LogP) is 4.29. The van der Waals surface area contributed by atoms with E-state index in [1.165, 1.54) is 11.3 Å². The number of rotatable bonds is 9. The Labute approximate surface area is 194 Å². The van der Waals surface area contributed by atoms with Crippen molar-refractivity contribution in [2.75, 3.05) is 18.5 Å². The van der Waals surface area contributed by atoms with E-state index in [0.29, 0.717) is 21.3 Å². The van der Waals surface area contributed by atoms with E-state index in [9.17, 15) is 14.4 Å². The Bertz CT molecular complexity index is 1110. The smallest absolute Gasteiger partial charge is 0.350 e. The number of halogens is 1. The third-order valence-corrected chi connectivity index (χ3v) is 5.68. The van der Waals surface area contributed by atoms with Gasteiger partial charge in [0.15, 0.2) is 6.61 Å². The van der Waals surface area contributed by atoms with Crippen LogP contribution in [0.25, 0.3) is 10.4 Å². The minimum Gasteiger partial charge on any atom is -0.484 e. The van der Waals surface area contributed by atoms with E-state index in [1.54, 1.807) is 49.4 Å². The quantitative estimate of drug-likeness (QED) is 0.451. The van der Waals surface area contributed by atoms with Gasteiger partial charge in [-0.05, 0) is 48.4 Å². The summed E-state index contributed by atoms with van der Waals surface area (Å²) in [6.45, 7) is 1.67. The molecular formula is C23H21ClN2O5S. The number of benzene rings is 2. The molecule has 3 N–H and O–H groups in total. The first-order chi connectivity index (χ1) is 15.4. The molecule has 1 aromatic heterocycles. The van der Waals surface area contributed by atoms with E-state index in [-0.39, 0.29) is 19.6 Å². The van der Waals surface area contributed by atoms with E-state index < -0.39 is 17.8 Å². The summed E-state index contributed by atoms with van der Waals surface area (Å²) in [5.41, 5.74) is 7.13. The Kier molecular flexibility index (Phi) is 7.86. The summed E-state index contributed by atoms with van der Waals surface area (Å²) in [6.07, 6.45) is 0.130. The minimum absolute atomic E-state index is 0.130. The molecule has 2 amide bonds. The Morgan fingerprint density at radius 3 is 2.38 bits per heavy atom. The molecule has 0 atom stereocenters. The van der Waals surface area contributed by atoms with Crippen LogP contribution in [-0.4, -0.2) is 31.0 Å². The highest BCUT2D eigenvalue weighted by atomic mass is 35.5. The summed E-state index contributed by atoms with van der Waals surface area (Å²) in [6, 6.07) is 15.6. The molecule has 3 rings (SSSR count). The summed E-state index contributed by atoms with van der Waals surface area (Å²) >= 11 is 7.17. The number of nitrogens with two attached hydrogens (primary N) is 1. The van der Waals surface area contributed by atoms with Crippen LogP contribution in [0, 0.1) is 0 Å². The second-order valence-corrected chi connectivity index (χ2v) is 8.19. The van der Waals surface area contributed by atoms with Gasteiger partial charge in [0.2, 0.25) is 5.91 Å². The number of nitrogens with one attached hydrogen (secondary N) is 1. The maximum absolute atomic E-state index is 12.5. The van der Waals surface area contributed by atoms with Crippen molar-refractivity contribution in [1.82, 2.24) is 0 Å². The van der Waals surface area contributed by atoms with Gasteiger partial charge in [0.05, 0.1) is 18.7 Å². The van der Waals surface area contributed by atoms with E-state index in [1.807, 2.05) is 12.1 Å². The van der Waals surface area contributed by atoms with Crippen molar-refractivity contribution in [3.05, 3.63) is 70.1 Å². The van der Waals surface area contributed by atoms with Crippen molar-refractivity contribution in [3.63, 3.8) is 0 Å². The largest absolute Gasteiger partial charge is 0.484 e. The van der Waals surface area contributed by atoms with Gasteiger partial charge in [0.25, 0.3) is 5.91 Å². The van der Waals surface area contributed by atoms with Crippen LogP contribution in [0.3, 0.4) is 0 Å². The molecule has 32 heavy (non-hydrogen) atoms. The second-order valence-electron chi connectivity index (χ2n) is 6.70. The zero-order valence-electron chi connectivity index (χ0n) is 17.2. The molecule has 0 spiro atoms. The van der Waals surface area contributed by atoms with Crippen LogP contribution in [0.2, 0.25) is 5.02 Å². The van der Waals surface area contributed by atoms with Crippen LogP contribution in [-0.2, 0) is 20.7 Å². The molecule has 9 heteroatoms.